The van der Waals surface area contributed by atoms with Gasteiger partial charge in [0.05, 0.1) is 20.1 Å². The van der Waals surface area contributed by atoms with Crippen LogP contribution in [0.5, 0.6) is 0 Å². The molecule has 1 aromatic heterocycles. The predicted molar refractivity (Wildman–Crippen MR) is 128 cm³/mol. The van der Waals surface area contributed by atoms with Gasteiger partial charge in [0.1, 0.15) is 0 Å². The monoisotopic (exact) mass is 471 g/mol. The summed E-state index contributed by atoms with van der Waals surface area (Å²) in [5, 5.41) is 4.07. The minimum Gasteiger partial charge on any atom is -0.356 e. The van der Waals surface area contributed by atoms with E-state index >= 15 is 0 Å². The molecule has 1 aliphatic rings. The zero-order valence-electron chi connectivity index (χ0n) is 18.1. The van der Waals surface area contributed by atoms with Crippen molar-refractivity contribution < 1.29 is 13.2 Å². The van der Waals surface area contributed by atoms with Gasteiger partial charge in [-0.05, 0) is 55.5 Å². The van der Waals surface area contributed by atoms with Crippen molar-refractivity contribution in [3.8, 4) is 0 Å². The summed E-state index contributed by atoms with van der Waals surface area (Å²) < 4.78 is 28.2. The zero-order valence-corrected chi connectivity index (χ0v) is 19.8. The fraction of sp³-hybridized carbons (Fsp3) is 0.417. The standard InChI is InChI=1S/C24H29N3O3S2/c28-23(25-16-6-9-24-26-21-7-2-3-8-22(21)31-24)15-12-19-10-13-20(14-11-19)32(29,30)27-17-4-1-5-18-27/h2-3,7-8,10-11,13-14H,1,4-6,9,12,15-18H2,(H,25,28). The number of fused-ring (bicyclic) bond motifs is 1. The Hall–Kier alpha value is -2.29. The van der Waals surface area contributed by atoms with Crippen LogP contribution in [-0.4, -0.2) is 43.2 Å². The first-order chi connectivity index (χ1) is 15.5. The maximum Gasteiger partial charge on any atom is 0.243 e. The summed E-state index contributed by atoms with van der Waals surface area (Å²) in [4.78, 5) is 17.1. The van der Waals surface area contributed by atoms with Gasteiger partial charge in [-0.15, -0.1) is 11.3 Å². The highest BCUT2D eigenvalue weighted by Crippen LogP contribution is 2.23. The summed E-state index contributed by atoms with van der Waals surface area (Å²) in [5.74, 6) is 0.0133. The molecule has 2 heterocycles. The van der Waals surface area contributed by atoms with Gasteiger partial charge in [-0.2, -0.15) is 4.31 Å². The summed E-state index contributed by atoms with van der Waals surface area (Å²) in [6, 6.07) is 15.1. The van der Waals surface area contributed by atoms with Crippen molar-refractivity contribution >= 4 is 37.5 Å². The summed E-state index contributed by atoms with van der Waals surface area (Å²) >= 11 is 1.71. The van der Waals surface area contributed by atoms with E-state index in [9.17, 15) is 13.2 Å². The van der Waals surface area contributed by atoms with E-state index in [1.807, 2.05) is 30.3 Å². The molecule has 0 radical (unpaired) electrons. The fourth-order valence-corrected chi connectivity index (χ4v) is 6.45. The average molecular weight is 472 g/mol. The van der Waals surface area contributed by atoms with Crippen LogP contribution in [0.25, 0.3) is 10.2 Å². The second-order valence-electron chi connectivity index (χ2n) is 8.14. The summed E-state index contributed by atoms with van der Waals surface area (Å²) in [6.07, 6.45) is 5.63. The number of para-hydroxylation sites is 1. The largest absolute Gasteiger partial charge is 0.356 e. The van der Waals surface area contributed by atoms with Crippen LogP contribution in [0, 0.1) is 0 Å². The Kier molecular flexibility index (Phi) is 7.55. The van der Waals surface area contributed by atoms with Gasteiger partial charge < -0.3 is 5.32 Å². The quantitative estimate of drug-likeness (QED) is 0.476. The van der Waals surface area contributed by atoms with Gasteiger partial charge in [-0.3, -0.25) is 4.79 Å². The van der Waals surface area contributed by atoms with Crippen LogP contribution >= 0.6 is 11.3 Å². The minimum atomic E-state index is -3.41. The topological polar surface area (TPSA) is 79.4 Å². The van der Waals surface area contributed by atoms with E-state index < -0.39 is 10.0 Å². The molecular formula is C24H29N3O3S2. The van der Waals surface area contributed by atoms with Gasteiger partial charge in [0, 0.05) is 32.5 Å². The van der Waals surface area contributed by atoms with Gasteiger partial charge in [0.15, 0.2) is 0 Å². The highest BCUT2D eigenvalue weighted by molar-refractivity contribution is 7.89. The van der Waals surface area contributed by atoms with E-state index in [1.54, 1.807) is 27.8 Å². The van der Waals surface area contributed by atoms with Gasteiger partial charge in [-0.1, -0.05) is 30.7 Å². The van der Waals surface area contributed by atoms with E-state index in [0.29, 0.717) is 37.4 Å². The summed E-state index contributed by atoms with van der Waals surface area (Å²) in [5.41, 5.74) is 2.00. The number of hydrogen-bond donors (Lipinski definition) is 1. The Balaban J connectivity index is 1.19. The van der Waals surface area contributed by atoms with Crippen molar-refractivity contribution in [3.63, 3.8) is 0 Å². The molecule has 0 saturated carbocycles. The molecule has 0 bridgehead atoms. The molecule has 1 saturated heterocycles. The molecule has 0 spiro atoms. The summed E-state index contributed by atoms with van der Waals surface area (Å²) in [6.45, 7) is 1.83. The van der Waals surface area contributed by atoms with Crippen molar-refractivity contribution in [2.24, 2.45) is 0 Å². The second kappa shape index (κ2) is 10.6. The van der Waals surface area contributed by atoms with Crippen molar-refractivity contribution in [1.82, 2.24) is 14.6 Å². The maximum atomic E-state index is 12.7. The third-order valence-corrected chi connectivity index (χ3v) is 8.75. The third-order valence-electron chi connectivity index (χ3n) is 5.74. The number of benzene rings is 2. The van der Waals surface area contributed by atoms with E-state index in [-0.39, 0.29) is 5.91 Å². The Labute approximate surface area is 193 Å². The molecule has 0 unspecified atom stereocenters. The number of rotatable bonds is 9. The minimum absolute atomic E-state index is 0.0133. The van der Waals surface area contributed by atoms with E-state index in [2.05, 4.69) is 16.4 Å². The van der Waals surface area contributed by atoms with Crippen LogP contribution in [0.1, 0.15) is 42.7 Å². The van der Waals surface area contributed by atoms with Crippen molar-refractivity contribution in [1.29, 1.82) is 0 Å². The number of sulfonamides is 1. The van der Waals surface area contributed by atoms with Gasteiger partial charge >= 0.3 is 0 Å². The molecule has 6 nitrogen and oxygen atoms in total. The predicted octanol–water partition coefficient (Wildman–Crippen LogP) is 4.15. The lowest BCUT2D eigenvalue weighted by Gasteiger charge is -2.25. The van der Waals surface area contributed by atoms with Gasteiger partial charge in [-0.25, -0.2) is 13.4 Å². The normalized spacial score (nSPS) is 15.1. The van der Waals surface area contributed by atoms with Crippen LogP contribution in [0.15, 0.2) is 53.4 Å². The first-order valence-electron chi connectivity index (χ1n) is 11.2. The number of nitrogens with one attached hydrogen (secondary N) is 1. The van der Waals surface area contributed by atoms with Gasteiger partial charge in [0.2, 0.25) is 15.9 Å². The van der Waals surface area contributed by atoms with Crippen LogP contribution < -0.4 is 5.32 Å². The molecule has 0 aliphatic carbocycles. The molecule has 0 atom stereocenters. The zero-order chi connectivity index (χ0) is 22.4. The number of piperidine rings is 1. The van der Waals surface area contributed by atoms with E-state index in [1.165, 1.54) is 4.70 Å². The SMILES string of the molecule is O=C(CCc1ccc(S(=O)(=O)N2CCCCC2)cc1)NCCCc1nc2ccccc2s1. The number of carbonyl (C=O) groups excluding carboxylic acids is 1. The molecular weight excluding hydrogens is 442 g/mol. The lowest BCUT2D eigenvalue weighted by atomic mass is 10.1. The van der Waals surface area contributed by atoms with Crippen LogP contribution in [0.3, 0.4) is 0 Å². The molecule has 2 aromatic carbocycles. The number of nitrogens with zero attached hydrogens (tertiary/aromatic N) is 2. The first-order valence-corrected chi connectivity index (χ1v) is 13.5. The molecule has 1 fully saturated rings. The van der Waals surface area contributed by atoms with Gasteiger partial charge in [0.25, 0.3) is 0 Å². The second-order valence-corrected chi connectivity index (χ2v) is 11.2. The lowest BCUT2D eigenvalue weighted by molar-refractivity contribution is -0.121. The molecule has 1 amide bonds. The number of aromatic nitrogens is 1. The highest BCUT2D eigenvalue weighted by atomic mass is 32.2. The Morgan fingerprint density at radius 2 is 1.75 bits per heavy atom. The van der Waals surface area contributed by atoms with Crippen LogP contribution in [-0.2, 0) is 27.7 Å². The van der Waals surface area contributed by atoms with E-state index in [0.717, 1.165) is 48.2 Å². The average Bonchev–Trinajstić information content (AvgIpc) is 3.24. The number of carbonyl (C=O) groups is 1. The smallest absolute Gasteiger partial charge is 0.243 e. The Morgan fingerprint density at radius 3 is 2.50 bits per heavy atom. The van der Waals surface area contributed by atoms with Crippen molar-refractivity contribution in [2.45, 2.75) is 49.8 Å². The maximum absolute atomic E-state index is 12.7. The lowest BCUT2D eigenvalue weighted by Crippen LogP contribution is -2.35. The Bertz CT molecular complexity index is 1120. The molecule has 4 rings (SSSR count). The number of hydrogen-bond acceptors (Lipinski definition) is 5. The highest BCUT2D eigenvalue weighted by Gasteiger charge is 2.25. The molecule has 8 heteroatoms. The summed E-state index contributed by atoms with van der Waals surface area (Å²) in [7, 11) is -3.41. The van der Waals surface area contributed by atoms with Crippen LogP contribution in [0.4, 0.5) is 0 Å². The molecule has 32 heavy (non-hydrogen) atoms. The van der Waals surface area contributed by atoms with Crippen molar-refractivity contribution in [3.05, 3.63) is 59.1 Å². The number of thiazole rings is 1. The molecule has 3 aromatic rings. The van der Waals surface area contributed by atoms with Crippen molar-refractivity contribution in [2.75, 3.05) is 19.6 Å². The van der Waals surface area contributed by atoms with Crippen LogP contribution in [0.2, 0.25) is 0 Å². The Morgan fingerprint density at radius 1 is 1.00 bits per heavy atom. The molecule has 170 valence electrons. The number of aryl methyl sites for hydroxylation is 2. The third kappa shape index (κ3) is 5.74. The molecule has 1 N–H and O–H groups in total. The van der Waals surface area contributed by atoms with E-state index in [4.69, 9.17) is 0 Å². The fourth-order valence-electron chi connectivity index (χ4n) is 3.92. The number of amides is 1. The first kappa shape index (κ1) is 22.9. The molecule has 1 aliphatic heterocycles.